The van der Waals surface area contributed by atoms with E-state index < -0.39 is 12.3 Å². The van der Waals surface area contributed by atoms with Crippen LogP contribution in [-0.2, 0) is 16.1 Å². The molecule has 0 unspecified atom stereocenters. The maximum Gasteiger partial charge on any atom is 0.573 e. The van der Waals surface area contributed by atoms with Crippen LogP contribution in [0.3, 0.4) is 0 Å². The van der Waals surface area contributed by atoms with E-state index in [0.717, 1.165) is 17.7 Å². The standard InChI is InChI=1S/C19H17F3N2O3/c20-19(21,22)27-16-8-6-15(7-9-16)23-18(26)14-10-17(25)24(12-14)11-13-4-2-1-3-5-13/h1-9,14H,10-12H2,(H,23,26)/t14-/m0/s1. The van der Waals surface area contributed by atoms with E-state index in [-0.39, 0.29) is 24.0 Å². The van der Waals surface area contributed by atoms with Gasteiger partial charge in [0.2, 0.25) is 11.8 Å². The van der Waals surface area contributed by atoms with E-state index in [1.54, 1.807) is 4.90 Å². The lowest BCUT2D eigenvalue weighted by atomic mass is 10.1. The highest BCUT2D eigenvalue weighted by atomic mass is 19.4. The van der Waals surface area contributed by atoms with Gasteiger partial charge in [-0.1, -0.05) is 30.3 Å². The molecule has 0 radical (unpaired) electrons. The van der Waals surface area contributed by atoms with Crippen molar-refractivity contribution in [1.82, 2.24) is 4.90 Å². The topological polar surface area (TPSA) is 58.6 Å². The minimum atomic E-state index is -4.77. The molecule has 0 aromatic heterocycles. The fraction of sp³-hybridized carbons (Fsp3) is 0.263. The SMILES string of the molecule is O=C(Nc1ccc(OC(F)(F)F)cc1)[C@H]1CC(=O)N(Cc2ccccc2)C1. The van der Waals surface area contributed by atoms with E-state index in [2.05, 4.69) is 10.1 Å². The summed E-state index contributed by atoms with van der Waals surface area (Å²) in [4.78, 5) is 26.1. The van der Waals surface area contributed by atoms with Gasteiger partial charge in [-0.2, -0.15) is 0 Å². The summed E-state index contributed by atoms with van der Waals surface area (Å²) in [6.45, 7) is 0.738. The van der Waals surface area contributed by atoms with Crippen LogP contribution in [0.5, 0.6) is 5.75 Å². The van der Waals surface area contributed by atoms with Gasteiger partial charge >= 0.3 is 6.36 Å². The van der Waals surface area contributed by atoms with Crippen LogP contribution in [0.2, 0.25) is 0 Å². The highest BCUT2D eigenvalue weighted by Crippen LogP contribution is 2.25. The zero-order valence-electron chi connectivity index (χ0n) is 14.2. The number of rotatable bonds is 5. The number of benzene rings is 2. The van der Waals surface area contributed by atoms with Crippen molar-refractivity contribution in [3.63, 3.8) is 0 Å². The third-order valence-electron chi connectivity index (χ3n) is 4.16. The van der Waals surface area contributed by atoms with E-state index in [0.29, 0.717) is 18.8 Å². The zero-order chi connectivity index (χ0) is 19.4. The first kappa shape index (κ1) is 18.8. The molecule has 1 saturated heterocycles. The number of nitrogens with one attached hydrogen (secondary N) is 1. The van der Waals surface area contributed by atoms with Gasteiger partial charge in [-0.3, -0.25) is 9.59 Å². The van der Waals surface area contributed by atoms with Gasteiger partial charge in [0.15, 0.2) is 0 Å². The first-order chi connectivity index (χ1) is 12.8. The van der Waals surface area contributed by atoms with Crippen molar-refractivity contribution in [2.75, 3.05) is 11.9 Å². The number of hydrogen-bond donors (Lipinski definition) is 1. The number of anilines is 1. The summed E-state index contributed by atoms with van der Waals surface area (Å²) >= 11 is 0. The molecule has 3 rings (SSSR count). The van der Waals surface area contributed by atoms with E-state index in [1.165, 1.54) is 12.1 Å². The Morgan fingerprint density at radius 2 is 1.78 bits per heavy atom. The quantitative estimate of drug-likeness (QED) is 0.865. The minimum Gasteiger partial charge on any atom is -0.406 e. The number of carbonyl (C=O) groups is 2. The zero-order valence-corrected chi connectivity index (χ0v) is 14.2. The molecule has 0 spiro atoms. The summed E-state index contributed by atoms with van der Waals surface area (Å²) in [5, 5.41) is 2.62. The first-order valence-electron chi connectivity index (χ1n) is 8.28. The number of likely N-dealkylation sites (tertiary alicyclic amines) is 1. The first-order valence-corrected chi connectivity index (χ1v) is 8.28. The molecule has 2 aromatic rings. The molecule has 1 N–H and O–H groups in total. The summed E-state index contributed by atoms with van der Waals surface area (Å²) < 4.78 is 40.3. The number of alkyl halides is 3. The Labute approximate surface area is 153 Å². The van der Waals surface area contributed by atoms with Gasteiger partial charge in [-0.05, 0) is 29.8 Å². The molecule has 1 aliphatic rings. The van der Waals surface area contributed by atoms with Crippen LogP contribution in [0.4, 0.5) is 18.9 Å². The maximum atomic E-state index is 12.4. The molecule has 142 valence electrons. The largest absolute Gasteiger partial charge is 0.573 e. The lowest BCUT2D eigenvalue weighted by molar-refractivity contribution is -0.274. The second kappa shape index (κ2) is 7.69. The van der Waals surface area contributed by atoms with E-state index >= 15 is 0 Å². The van der Waals surface area contributed by atoms with Crippen molar-refractivity contribution in [3.05, 3.63) is 60.2 Å². The Balaban J connectivity index is 1.56. The Bertz CT molecular complexity index is 807. The van der Waals surface area contributed by atoms with Crippen LogP contribution < -0.4 is 10.1 Å². The number of ether oxygens (including phenoxy) is 1. The Hall–Kier alpha value is -3.03. The Morgan fingerprint density at radius 1 is 1.11 bits per heavy atom. The van der Waals surface area contributed by atoms with Crippen molar-refractivity contribution in [1.29, 1.82) is 0 Å². The van der Waals surface area contributed by atoms with Crippen molar-refractivity contribution < 1.29 is 27.5 Å². The number of hydrogen-bond acceptors (Lipinski definition) is 3. The van der Waals surface area contributed by atoms with Gasteiger partial charge in [0.1, 0.15) is 5.75 Å². The molecule has 1 atom stereocenters. The van der Waals surface area contributed by atoms with Crippen molar-refractivity contribution in [2.24, 2.45) is 5.92 Å². The van der Waals surface area contributed by atoms with Gasteiger partial charge in [-0.15, -0.1) is 13.2 Å². The van der Waals surface area contributed by atoms with Crippen molar-refractivity contribution in [2.45, 2.75) is 19.3 Å². The highest BCUT2D eigenvalue weighted by molar-refractivity contribution is 5.97. The van der Waals surface area contributed by atoms with Crippen molar-refractivity contribution >= 4 is 17.5 Å². The fourth-order valence-electron chi connectivity index (χ4n) is 2.89. The average Bonchev–Trinajstić information content (AvgIpc) is 2.97. The summed E-state index contributed by atoms with van der Waals surface area (Å²) in [7, 11) is 0. The molecule has 2 aromatic carbocycles. The Morgan fingerprint density at radius 3 is 2.41 bits per heavy atom. The number of amides is 2. The van der Waals surface area contributed by atoms with E-state index in [1.807, 2.05) is 30.3 Å². The maximum absolute atomic E-state index is 12.4. The molecular formula is C19H17F3N2O3. The van der Waals surface area contributed by atoms with E-state index in [4.69, 9.17) is 0 Å². The monoisotopic (exact) mass is 378 g/mol. The molecule has 5 nitrogen and oxygen atoms in total. The summed E-state index contributed by atoms with van der Waals surface area (Å²) in [6, 6.07) is 14.3. The highest BCUT2D eigenvalue weighted by Gasteiger charge is 2.34. The van der Waals surface area contributed by atoms with Crippen LogP contribution in [0, 0.1) is 5.92 Å². The fourth-order valence-corrected chi connectivity index (χ4v) is 2.89. The lowest BCUT2D eigenvalue weighted by Gasteiger charge is -2.16. The predicted molar refractivity (Wildman–Crippen MR) is 91.7 cm³/mol. The average molecular weight is 378 g/mol. The van der Waals surface area contributed by atoms with Gasteiger partial charge in [0.25, 0.3) is 0 Å². The molecule has 0 bridgehead atoms. The Kier molecular flexibility index (Phi) is 5.34. The van der Waals surface area contributed by atoms with Crippen LogP contribution in [0.25, 0.3) is 0 Å². The van der Waals surface area contributed by atoms with Crippen LogP contribution in [-0.4, -0.2) is 29.6 Å². The molecule has 8 heteroatoms. The summed E-state index contributed by atoms with van der Waals surface area (Å²) in [5.41, 5.74) is 1.32. The smallest absolute Gasteiger partial charge is 0.406 e. The van der Waals surface area contributed by atoms with Crippen LogP contribution >= 0.6 is 0 Å². The van der Waals surface area contributed by atoms with Gasteiger partial charge in [0, 0.05) is 25.2 Å². The molecule has 1 fully saturated rings. The molecule has 2 amide bonds. The normalized spacial score (nSPS) is 17.1. The minimum absolute atomic E-state index is 0.104. The second-order valence-corrected chi connectivity index (χ2v) is 6.22. The summed E-state index contributed by atoms with van der Waals surface area (Å²) in [6.07, 6.45) is -4.66. The molecule has 1 heterocycles. The van der Waals surface area contributed by atoms with Crippen LogP contribution in [0.15, 0.2) is 54.6 Å². The van der Waals surface area contributed by atoms with E-state index in [9.17, 15) is 22.8 Å². The summed E-state index contributed by atoms with van der Waals surface area (Å²) in [5.74, 6) is -1.32. The molecule has 1 aliphatic heterocycles. The lowest BCUT2D eigenvalue weighted by Crippen LogP contribution is -2.28. The van der Waals surface area contributed by atoms with Crippen molar-refractivity contribution in [3.8, 4) is 5.75 Å². The molecule has 0 saturated carbocycles. The van der Waals surface area contributed by atoms with Gasteiger partial charge in [0.05, 0.1) is 5.92 Å². The predicted octanol–water partition coefficient (Wildman–Crippen LogP) is 3.57. The number of nitrogens with zero attached hydrogens (tertiary/aromatic N) is 1. The van der Waals surface area contributed by atoms with Crippen LogP contribution in [0.1, 0.15) is 12.0 Å². The third-order valence-corrected chi connectivity index (χ3v) is 4.16. The second-order valence-electron chi connectivity index (χ2n) is 6.22. The third kappa shape index (κ3) is 5.22. The molecule has 0 aliphatic carbocycles. The van der Waals surface area contributed by atoms with Gasteiger partial charge in [-0.25, -0.2) is 0 Å². The molecular weight excluding hydrogens is 361 g/mol. The van der Waals surface area contributed by atoms with Gasteiger partial charge < -0.3 is 15.0 Å². The molecule has 27 heavy (non-hydrogen) atoms. The number of carbonyl (C=O) groups excluding carboxylic acids is 2. The number of halogens is 3.